The van der Waals surface area contributed by atoms with Crippen molar-refractivity contribution < 1.29 is 13.2 Å². The van der Waals surface area contributed by atoms with Gasteiger partial charge in [0.2, 0.25) is 0 Å². The van der Waals surface area contributed by atoms with Crippen molar-refractivity contribution in [2.24, 2.45) is 0 Å². The minimum atomic E-state index is -1.17. The number of halogens is 3. The van der Waals surface area contributed by atoms with Gasteiger partial charge in [-0.05, 0) is 29.7 Å². The molecule has 1 N–H and O–H groups in total. The Bertz CT molecular complexity index is 609. The second-order valence-electron chi connectivity index (χ2n) is 4.99. The van der Waals surface area contributed by atoms with Crippen LogP contribution in [-0.4, -0.2) is 0 Å². The second kappa shape index (κ2) is 5.99. The molecule has 4 heteroatoms. The van der Waals surface area contributed by atoms with Crippen LogP contribution in [0.5, 0.6) is 0 Å². The molecule has 2 aromatic carbocycles. The Morgan fingerprint density at radius 1 is 0.950 bits per heavy atom. The summed E-state index contributed by atoms with van der Waals surface area (Å²) in [5.41, 5.74) is 2.07. The van der Waals surface area contributed by atoms with Gasteiger partial charge < -0.3 is 5.32 Å². The fourth-order valence-corrected chi connectivity index (χ4v) is 1.90. The van der Waals surface area contributed by atoms with Crippen molar-refractivity contribution in [2.45, 2.75) is 26.3 Å². The molecule has 2 aromatic rings. The fourth-order valence-electron chi connectivity index (χ4n) is 1.90. The summed E-state index contributed by atoms with van der Waals surface area (Å²) >= 11 is 0. The van der Waals surface area contributed by atoms with Crippen LogP contribution in [0, 0.1) is 17.5 Å². The van der Waals surface area contributed by atoms with Crippen LogP contribution < -0.4 is 5.32 Å². The number of anilines is 1. The molecule has 0 saturated heterocycles. The van der Waals surface area contributed by atoms with Gasteiger partial charge in [-0.15, -0.1) is 0 Å². The monoisotopic (exact) mass is 279 g/mol. The molecule has 0 aliphatic carbocycles. The van der Waals surface area contributed by atoms with E-state index in [1.807, 2.05) is 24.3 Å². The maximum absolute atomic E-state index is 13.5. The van der Waals surface area contributed by atoms with Crippen molar-refractivity contribution in [3.63, 3.8) is 0 Å². The molecule has 0 saturated carbocycles. The zero-order valence-electron chi connectivity index (χ0n) is 11.4. The average Bonchev–Trinajstić information content (AvgIpc) is 2.41. The minimum absolute atomic E-state index is 0.0962. The highest BCUT2D eigenvalue weighted by molar-refractivity contribution is 5.47. The van der Waals surface area contributed by atoms with Crippen LogP contribution in [0.4, 0.5) is 18.9 Å². The maximum Gasteiger partial charge on any atom is 0.161 e. The van der Waals surface area contributed by atoms with Gasteiger partial charge in [0.1, 0.15) is 5.82 Å². The van der Waals surface area contributed by atoms with Crippen LogP contribution in [0.1, 0.15) is 30.9 Å². The molecule has 0 atom stereocenters. The zero-order chi connectivity index (χ0) is 14.7. The molecule has 0 heterocycles. The Kier molecular flexibility index (Phi) is 4.32. The first-order chi connectivity index (χ1) is 9.47. The summed E-state index contributed by atoms with van der Waals surface area (Å²) in [7, 11) is 0. The van der Waals surface area contributed by atoms with Crippen molar-refractivity contribution in [3.05, 3.63) is 65.0 Å². The minimum Gasteiger partial charge on any atom is -0.381 e. The van der Waals surface area contributed by atoms with E-state index >= 15 is 0 Å². The van der Waals surface area contributed by atoms with E-state index < -0.39 is 17.5 Å². The summed E-state index contributed by atoms with van der Waals surface area (Å²) in [6.45, 7) is 4.26. The van der Waals surface area contributed by atoms with Crippen LogP contribution >= 0.6 is 0 Å². The van der Waals surface area contributed by atoms with Crippen LogP contribution in [0.15, 0.2) is 36.4 Å². The largest absolute Gasteiger partial charge is 0.381 e. The normalized spacial score (nSPS) is 10.9. The Labute approximate surface area is 116 Å². The van der Waals surface area contributed by atoms with Gasteiger partial charge in [0, 0.05) is 23.9 Å². The highest BCUT2D eigenvalue weighted by Crippen LogP contribution is 2.20. The van der Waals surface area contributed by atoms with Gasteiger partial charge in [-0.25, -0.2) is 13.2 Å². The summed E-state index contributed by atoms with van der Waals surface area (Å²) in [6.07, 6.45) is 0. The summed E-state index contributed by atoms with van der Waals surface area (Å²) in [4.78, 5) is 0. The van der Waals surface area contributed by atoms with Gasteiger partial charge in [-0.3, -0.25) is 0 Å². The second-order valence-corrected chi connectivity index (χ2v) is 4.99. The molecule has 0 unspecified atom stereocenters. The van der Waals surface area contributed by atoms with Gasteiger partial charge in [0.15, 0.2) is 11.6 Å². The third-order valence-electron chi connectivity index (χ3n) is 3.13. The zero-order valence-corrected chi connectivity index (χ0v) is 11.4. The third kappa shape index (κ3) is 3.32. The van der Waals surface area contributed by atoms with Crippen molar-refractivity contribution in [3.8, 4) is 0 Å². The Balaban J connectivity index is 2.13. The first-order valence-corrected chi connectivity index (χ1v) is 6.44. The molecule has 2 rings (SSSR count). The van der Waals surface area contributed by atoms with Crippen molar-refractivity contribution in [1.82, 2.24) is 0 Å². The molecule has 0 bridgehead atoms. The lowest BCUT2D eigenvalue weighted by atomic mass is 10.0. The lowest BCUT2D eigenvalue weighted by Gasteiger charge is -2.11. The van der Waals surface area contributed by atoms with Gasteiger partial charge in [0.25, 0.3) is 0 Å². The number of hydrogen-bond acceptors (Lipinski definition) is 1. The highest BCUT2D eigenvalue weighted by atomic mass is 19.2. The summed E-state index contributed by atoms with van der Waals surface area (Å²) < 4.78 is 39.4. The molecule has 0 aliphatic rings. The van der Waals surface area contributed by atoms with E-state index in [0.29, 0.717) is 12.0 Å². The highest BCUT2D eigenvalue weighted by Gasteiger charge is 2.09. The summed E-state index contributed by atoms with van der Waals surface area (Å²) in [5, 5.41) is 3.01. The van der Waals surface area contributed by atoms with E-state index in [1.54, 1.807) is 0 Å². The smallest absolute Gasteiger partial charge is 0.161 e. The number of hydrogen-bond donors (Lipinski definition) is 1. The summed E-state index contributed by atoms with van der Waals surface area (Å²) in [6, 6.07) is 9.17. The molecule has 20 heavy (non-hydrogen) atoms. The van der Waals surface area contributed by atoms with E-state index in [4.69, 9.17) is 0 Å². The number of nitrogens with one attached hydrogen (secondary N) is 1. The number of benzene rings is 2. The topological polar surface area (TPSA) is 12.0 Å². The van der Waals surface area contributed by atoms with Crippen molar-refractivity contribution in [2.75, 3.05) is 5.32 Å². The first-order valence-electron chi connectivity index (χ1n) is 6.44. The molecular formula is C16H16F3N. The predicted molar refractivity (Wildman–Crippen MR) is 74.2 cm³/mol. The molecule has 0 aliphatic heterocycles. The lowest BCUT2D eigenvalue weighted by Crippen LogP contribution is -2.04. The van der Waals surface area contributed by atoms with Crippen LogP contribution in [0.2, 0.25) is 0 Å². The van der Waals surface area contributed by atoms with Crippen molar-refractivity contribution in [1.29, 1.82) is 0 Å². The molecule has 0 amide bonds. The standard InChI is InChI=1S/C16H16F3N/c1-10(2)11-4-3-5-13(6-11)20-9-12-7-15(18)16(19)8-14(12)17/h3-8,10,20H,9H2,1-2H3. The molecule has 106 valence electrons. The van der Waals surface area contributed by atoms with Crippen LogP contribution in [0.3, 0.4) is 0 Å². The summed E-state index contributed by atoms with van der Waals surface area (Å²) in [5.74, 6) is -2.58. The first kappa shape index (κ1) is 14.4. The third-order valence-corrected chi connectivity index (χ3v) is 3.13. The van der Waals surface area contributed by atoms with E-state index in [1.165, 1.54) is 0 Å². The van der Waals surface area contributed by atoms with Crippen LogP contribution in [-0.2, 0) is 6.54 Å². The molecular weight excluding hydrogens is 263 g/mol. The lowest BCUT2D eigenvalue weighted by molar-refractivity contribution is 0.490. The predicted octanol–water partition coefficient (Wildman–Crippen LogP) is 4.84. The van der Waals surface area contributed by atoms with E-state index in [0.717, 1.165) is 17.3 Å². The fraction of sp³-hybridized carbons (Fsp3) is 0.250. The van der Waals surface area contributed by atoms with Gasteiger partial charge in [-0.2, -0.15) is 0 Å². The van der Waals surface area contributed by atoms with E-state index in [9.17, 15) is 13.2 Å². The van der Waals surface area contributed by atoms with Gasteiger partial charge in [-0.1, -0.05) is 26.0 Å². The van der Waals surface area contributed by atoms with E-state index in [-0.39, 0.29) is 12.1 Å². The molecule has 0 radical (unpaired) electrons. The maximum atomic E-state index is 13.5. The van der Waals surface area contributed by atoms with Gasteiger partial charge >= 0.3 is 0 Å². The number of rotatable bonds is 4. The molecule has 0 aromatic heterocycles. The Morgan fingerprint density at radius 2 is 1.65 bits per heavy atom. The molecule has 1 nitrogen and oxygen atoms in total. The quantitative estimate of drug-likeness (QED) is 0.790. The van der Waals surface area contributed by atoms with Crippen molar-refractivity contribution >= 4 is 5.69 Å². The van der Waals surface area contributed by atoms with E-state index in [2.05, 4.69) is 19.2 Å². The SMILES string of the molecule is CC(C)c1cccc(NCc2cc(F)c(F)cc2F)c1. The van der Waals surface area contributed by atoms with Crippen LogP contribution in [0.25, 0.3) is 0 Å². The molecule has 0 spiro atoms. The Morgan fingerprint density at radius 3 is 2.35 bits per heavy atom. The van der Waals surface area contributed by atoms with Gasteiger partial charge in [0.05, 0.1) is 0 Å². The molecule has 0 fully saturated rings. The Hall–Kier alpha value is -1.97. The average molecular weight is 279 g/mol.